The topological polar surface area (TPSA) is 83.7 Å². The fourth-order valence-electron chi connectivity index (χ4n) is 2.67. The lowest BCUT2D eigenvalue weighted by atomic mass is 10.2. The Hall–Kier alpha value is -2.68. The van der Waals surface area contributed by atoms with Crippen LogP contribution < -0.4 is 0 Å². The zero-order valence-corrected chi connectivity index (χ0v) is 17.7. The van der Waals surface area contributed by atoms with Gasteiger partial charge in [0.15, 0.2) is 5.76 Å². The fourth-order valence-corrected chi connectivity index (χ4v) is 3.90. The summed E-state index contributed by atoms with van der Waals surface area (Å²) in [4.78, 5) is 18.5. The van der Waals surface area contributed by atoms with E-state index < -0.39 is 10.0 Å². The van der Waals surface area contributed by atoms with Crippen LogP contribution in [0.15, 0.2) is 64.2 Å². The highest BCUT2D eigenvalue weighted by Crippen LogP contribution is 2.24. The molecular formula is C20H20ClN3O4S. The van der Waals surface area contributed by atoms with Gasteiger partial charge < -0.3 is 9.32 Å². The van der Waals surface area contributed by atoms with Crippen molar-refractivity contribution in [2.24, 2.45) is 0 Å². The van der Waals surface area contributed by atoms with Gasteiger partial charge in [-0.3, -0.25) is 9.78 Å². The number of aromatic nitrogens is 1. The molecule has 3 rings (SSSR count). The Bertz CT molecular complexity index is 1110. The predicted octanol–water partition coefficient (Wildman–Crippen LogP) is 3.52. The third kappa shape index (κ3) is 4.50. The zero-order chi connectivity index (χ0) is 21.2. The molecule has 0 unspecified atom stereocenters. The van der Waals surface area contributed by atoms with Gasteiger partial charge in [0.2, 0.25) is 10.0 Å². The molecular weight excluding hydrogens is 414 g/mol. The molecule has 29 heavy (non-hydrogen) atoms. The van der Waals surface area contributed by atoms with Crippen LogP contribution in [0, 0.1) is 0 Å². The van der Waals surface area contributed by atoms with Gasteiger partial charge >= 0.3 is 0 Å². The van der Waals surface area contributed by atoms with Gasteiger partial charge in [0.1, 0.15) is 5.69 Å². The molecule has 0 N–H and O–H groups in total. The van der Waals surface area contributed by atoms with Crippen LogP contribution in [0.1, 0.15) is 15.9 Å². The van der Waals surface area contributed by atoms with E-state index in [1.807, 2.05) is 0 Å². The Morgan fingerprint density at radius 3 is 2.45 bits per heavy atom. The summed E-state index contributed by atoms with van der Waals surface area (Å²) in [5.41, 5.74) is 1.70. The van der Waals surface area contributed by atoms with Gasteiger partial charge in [0, 0.05) is 38.9 Å². The van der Waals surface area contributed by atoms with Gasteiger partial charge in [0.25, 0.3) is 5.91 Å². The van der Waals surface area contributed by atoms with Crippen LogP contribution in [0.5, 0.6) is 0 Å². The van der Waals surface area contributed by atoms with E-state index in [0.29, 0.717) is 22.6 Å². The van der Waals surface area contributed by atoms with Crippen LogP contribution in [-0.2, 0) is 16.6 Å². The number of carbonyl (C=O) groups is 1. The first-order valence-electron chi connectivity index (χ1n) is 8.66. The highest BCUT2D eigenvalue weighted by molar-refractivity contribution is 7.89. The molecule has 1 aromatic carbocycles. The molecule has 0 atom stereocenters. The summed E-state index contributed by atoms with van der Waals surface area (Å²) < 4.78 is 30.8. The summed E-state index contributed by atoms with van der Waals surface area (Å²) >= 11 is 6.27. The second-order valence-corrected chi connectivity index (χ2v) is 9.17. The molecule has 0 aliphatic rings. The van der Waals surface area contributed by atoms with Crippen molar-refractivity contribution in [3.63, 3.8) is 0 Å². The van der Waals surface area contributed by atoms with Gasteiger partial charge in [-0.1, -0.05) is 17.7 Å². The molecule has 0 radical (unpaired) electrons. The molecule has 0 aliphatic carbocycles. The standard InChI is InChI=1S/C20H20ClN3O4S/c1-23(2)29(26,27)16-8-6-15(17(21)11-16)13-24(3)20(25)14-7-9-18(22-12-14)19-5-4-10-28-19/h4-12H,13H2,1-3H3. The number of rotatable bonds is 6. The number of hydrogen-bond donors (Lipinski definition) is 0. The molecule has 0 saturated heterocycles. The first-order valence-corrected chi connectivity index (χ1v) is 10.5. The van der Waals surface area contributed by atoms with Crippen LogP contribution in [0.4, 0.5) is 0 Å². The van der Waals surface area contributed by atoms with Crippen molar-refractivity contribution >= 4 is 27.5 Å². The van der Waals surface area contributed by atoms with E-state index in [1.54, 1.807) is 43.6 Å². The molecule has 152 valence electrons. The Labute approximate surface area is 174 Å². The van der Waals surface area contributed by atoms with E-state index in [4.69, 9.17) is 16.0 Å². The normalized spacial score (nSPS) is 11.6. The molecule has 0 aliphatic heterocycles. The van der Waals surface area contributed by atoms with Crippen molar-refractivity contribution in [1.29, 1.82) is 0 Å². The van der Waals surface area contributed by atoms with Crippen molar-refractivity contribution in [2.75, 3.05) is 21.1 Å². The molecule has 3 aromatic rings. The predicted molar refractivity (Wildman–Crippen MR) is 110 cm³/mol. The highest BCUT2D eigenvalue weighted by atomic mass is 35.5. The number of sulfonamides is 1. The number of amides is 1. The second-order valence-electron chi connectivity index (χ2n) is 6.61. The van der Waals surface area contributed by atoms with E-state index >= 15 is 0 Å². The Morgan fingerprint density at radius 1 is 1.14 bits per heavy atom. The maximum absolute atomic E-state index is 12.7. The van der Waals surface area contributed by atoms with E-state index in [2.05, 4.69) is 4.98 Å². The number of furan rings is 1. The minimum Gasteiger partial charge on any atom is -0.463 e. The van der Waals surface area contributed by atoms with Crippen molar-refractivity contribution in [3.05, 3.63) is 71.1 Å². The average molecular weight is 434 g/mol. The van der Waals surface area contributed by atoms with Crippen molar-refractivity contribution in [1.82, 2.24) is 14.2 Å². The van der Waals surface area contributed by atoms with Crippen LogP contribution in [0.2, 0.25) is 5.02 Å². The van der Waals surface area contributed by atoms with E-state index in [-0.39, 0.29) is 22.4 Å². The number of nitrogens with zero attached hydrogens (tertiary/aromatic N) is 3. The SMILES string of the molecule is CN(Cc1ccc(S(=O)(=O)N(C)C)cc1Cl)C(=O)c1ccc(-c2ccco2)nc1. The summed E-state index contributed by atoms with van der Waals surface area (Å²) in [6.07, 6.45) is 3.05. The Morgan fingerprint density at radius 2 is 1.90 bits per heavy atom. The van der Waals surface area contributed by atoms with Gasteiger partial charge in [-0.05, 0) is 42.0 Å². The smallest absolute Gasteiger partial charge is 0.255 e. The molecule has 1 amide bonds. The van der Waals surface area contributed by atoms with Gasteiger partial charge in [-0.25, -0.2) is 12.7 Å². The summed E-state index contributed by atoms with van der Waals surface area (Å²) in [5, 5.41) is 0.277. The van der Waals surface area contributed by atoms with Crippen LogP contribution in [0.3, 0.4) is 0 Å². The quantitative estimate of drug-likeness (QED) is 0.593. The van der Waals surface area contributed by atoms with Crippen molar-refractivity contribution < 1.29 is 17.6 Å². The molecule has 2 aromatic heterocycles. The monoisotopic (exact) mass is 433 g/mol. The van der Waals surface area contributed by atoms with Gasteiger partial charge in [0.05, 0.1) is 16.7 Å². The lowest BCUT2D eigenvalue weighted by molar-refractivity contribution is 0.0784. The third-order valence-electron chi connectivity index (χ3n) is 4.34. The molecule has 0 fully saturated rings. The summed E-state index contributed by atoms with van der Waals surface area (Å²) in [7, 11) is 0.974. The largest absolute Gasteiger partial charge is 0.463 e. The third-order valence-corrected chi connectivity index (χ3v) is 6.50. The fraction of sp³-hybridized carbons (Fsp3) is 0.200. The molecule has 7 nitrogen and oxygen atoms in total. The van der Waals surface area contributed by atoms with E-state index in [1.165, 1.54) is 37.3 Å². The molecule has 2 heterocycles. The van der Waals surface area contributed by atoms with E-state index in [0.717, 1.165) is 4.31 Å². The molecule has 0 spiro atoms. The van der Waals surface area contributed by atoms with Crippen molar-refractivity contribution in [2.45, 2.75) is 11.4 Å². The molecule has 9 heteroatoms. The number of hydrogen-bond acceptors (Lipinski definition) is 5. The minimum absolute atomic E-state index is 0.0999. The lowest BCUT2D eigenvalue weighted by Crippen LogP contribution is -2.26. The number of carbonyl (C=O) groups excluding carboxylic acids is 1. The second kappa shape index (κ2) is 8.36. The summed E-state index contributed by atoms with van der Waals surface area (Å²) in [6.45, 7) is 0.222. The summed E-state index contributed by atoms with van der Waals surface area (Å²) in [5.74, 6) is 0.390. The number of pyridine rings is 1. The maximum Gasteiger partial charge on any atom is 0.255 e. The number of benzene rings is 1. The molecule has 0 bridgehead atoms. The molecule has 0 saturated carbocycles. The van der Waals surface area contributed by atoms with Crippen LogP contribution in [0.25, 0.3) is 11.5 Å². The lowest BCUT2D eigenvalue weighted by Gasteiger charge is -2.19. The van der Waals surface area contributed by atoms with Crippen LogP contribution >= 0.6 is 11.6 Å². The Kier molecular flexibility index (Phi) is 6.07. The zero-order valence-electron chi connectivity index (χ0n) is 16.2. The summed E-state index contributed by atoms with van der Waals surface area (Å²) in [6, 6.07) is 11.4. The van der Waals surface area contributed by atoms with Crippen molar-refractivity contribution in [3.8, 4) is 11.5 Å². The number of halogens is 1. The highest BCUT2D eigenvalue weighted by Gasteiger charge is 2.20. The average Bonchev–Trinajstić information content (AvgIpc) is 3.23. The van der Waals surface area contributed by atoms with E-state index in [9.17, 15) is 13.2 Å². The first kappa shape index (κ1) is 21.0. The van der Waals surface area contributed by atoms with Gasteiger partial charge in [-0.2, -0.15) is 0 Å². The first-order chi connectivity index (χ1) is 13.7. The van der Waals surface area contributed by atoms with Gasteiger partial charge in [-0.15, -0.1) is 0 Å². The van der Waals surface area contributed by atoms with Crippen LogP contribution in [-0.4, -0.2) is 49.7 Å². The minimum atomic E-state index is -3.57. The maximum atomic E-state index is 12.7. The Balaban J connectivity index is 1.74.